The third-order valence-electron chi connectivity index (χ3n) is 1.70. The smallest absolute Gasteiger partial charge is 0.321 e. The van der Waals surface area contributed by atoms with E-state index in [0.29, 0.717) is 0 Å². The van der Waals surface area contributed by atoms with Crippen LogP contribution in [0.5, 0.6) is 0 Å². The van der Waals surface area contributed by atoms with E-state index < -0.39 is 7.60 Å². The van der Waals surface area contributed by atoms with Gasteiger partial charge in [-0.2, -0.15) is 0 Å². The van der Waals surface area contributed by atoms with Crippen LogP contribution in [0, 0.1) is 0 Å². The Balaban J connectivity index is 3.93. The molecular formula is C9H18IO3P. The van der Waals surface area contributed by atoms with Crippen LogP contribution in [0.25, 0.3) is 0 Å². The number of allylic oxidation sites excluding steroid dienone is 1. The molecule has 0 fully saturated rings. The van der Waals surface area contributed by atoms with Crippen LogP contribution in [0.2, 0.25) is 0 Å². The average Bonchev–Trinajstić information content (AvgIpc) is 2.12. The number of hydrogen-bond donors (Lipinski definition) is 1. The van der Waals surface area contributed by atoms with E-state index in [1.165, 1.54) is 5.82 Å². The Morgan fingerprint density at radius 3 is 2.79 bits per heavy atom. The van der Waals surface area contributed by atoms with Gasteiger partial charge >= 0.3 is 7.60 Å². The van der Waals surface area contributed by atoms with Gasteiger partial charge in [0.05, 0.1) is 6.10 Å². The molecule has 84 valence electrons. The first kappa shape index (κ1) is 14.6. The molecule has 3 nitrogen and oxygen atoms in total. The first-order valence-electron chi connectivity index (χ1n) is 4.76. The van der Waals surface area contributed by atoms with Crippen molar-refractivity contribution in [2.75, 3.05) is 4.43 Å². The molecule has 0 heterocycles. The minimum absolute atomic E-state index is 0.167. The molecule has 0 aromatic carbocycles. The summed E-state index contributed by atoms with van der Waals surface area (Å²) in [6, 6.07) is 0. The molecule has 0 aliphatic heterocycles. The fraction of sp³-hybridized carbons (Fsp3) is 0.778. The maximum Gasteiger partial charge on any atom is 0.351 e. The minimum atomic E-state index is -3.49. The van der Waals surface area contributed by atoms with Crippen molar-refractivity contribution in [1.29, 1.82) is 0 Å². The molecule has 2 unspecified atom stereocenters. The summed E-state index contributed by atoms with van der Waals surface area (Å²) in [6.07, 6.45) is 4.16. The van der Waals surface area contributed by atoms with Gasteiger partial charge in [0, 0.05) is 5.82 Å². The van der Waals surface area contributed by atoms with Crippen molar-refractivity contribution in [2.45, 2.75) is 39.2 Å². The molecule has 0 bridgehead atoms. The van der Waals surface area contributed by atoms with Crippen molar-refractivity contribution in [2.24, 2.45) is 0 Å². The molecule has 0 amide bonds. The number of hydrogen-bond acceptors (Lipinski definition) is 2. The highest BCUT2D eigenvalue weighted by atomic mass is 127. The summed E-state index contributed by atoms with van der Waals surface area (Å²) in [7, 11) is -3.49. The first-order valence-corrected chi connectivity index (χ1v) is 7.93. The van der Waals surface area contributed by atoms with Gasteiger partial charge in [-0.3, -0.25) is 4.57 Å². The normalized spacial score (nSPS) is 18.3. The standard InChI is InChI=1S/C9H18IO3P/c1-3-9(2)13-14(11,12)8-6-4-5-7-10/h6,8-9H,3-5,7H2,1-2H3,(H,11,12). The zero-order chi connectivity index (χ0) is 11.0. The highest BCUT2D eigenvalue weighted by Crippen LogP contribution is 2.45. The molecule has 0 saturated heterocycles. The maximum atomic E-state index is 11.4. The van der Waals surface area contributed by atoms with Crippen LogP contribution in [0.4, 0.5) is 0 Å². The molecule has 0 aromatic rings. The molecule has 0 rings (SSSR count). The van der Waals surface area contributed by atoms with Crippen LogP contribution >= 0.6 is 30.2 Å². The van der Waals surface area contributed by atoms with E-state index in [2.05, 4.69) is 22.6 Å². The lowest BCUT2D eigenvalue weighted by atomic mass is 10.3. The lowest BCUT2D eigenvalue weighted by Crippen LogP contribution is -2.02. The summed E-state index contributed by atoms with van der Waals surface area (Å²) in [5.41, 5.74) is 0. The molecule has 2 atom stereocenters. The zero-order valence-electron chi connectivity index (χ0n) is 8.65. The van der Waals surface area contributed by atoms with Gasteiger partial charge in [0.2, 0.25) is 0 Å². The Morgan fingerprint density at radius 1 is 1.64 bits per heavy atom. The third kappa shape index (κ3) is 7.97. The lowest BCUT2D eigenvalue weighted by Gasteiger charge is -2.13. The molecule has 1 N–H and O–H groups in total. The van der Waals surface area contributed by atoms with Crippen LogP contribution in [-0.2, 0) is 9.09 Å². The van der Waals surface area contributed by atoms with E-state index in [4.69, 9.17) is 4.52 Å². The number of alkyl halides is 1. The maximum absolute atomic E-state index is 11.4. The second-order valence-corrected chi connectivity index (χ2v) is 5.82. The Kier molecular flexibility index (Phi) is 8.20. The second kappa shape index (κ2) is 7.85. The highest BCUT2D eigenvalue weighted by molar-refractivity contribution is 14.1. The van der Waals surface area contributed by atoms with Gasteiger partial charge in [-0.1, -0.05) is 35.6 Å². The van der Waals surface area contributed by atoms with E-state index in [1.54, 1.807) is 13.0 Å². The van der Waals surface area contributed by atoms with Crippen molar-refractivity contribution in [1.82, 2.24) is 0 Å². The Bertz CT molecular complexity index is 218. The number of halogens is 1. The molecule has 5 heteroatoms. The van der Waals surface area contributed by atoms with Gasteiger partial charge in [0.15, 0.2) is 0 Å². The fourth-order valence-corrected chi connectivity index (χ4v) is 2.36. The van der Waals surface area contributed by atoms with Gasteiger partial charge < -0.3 is 9.42 Å². The summed E-state index contributed by atoms with van der Waals surface area (Å²) in [4.78, 5) is 9.36. The van der Waals surface area contributed by atoms with Crippen LogP contribution in [0.15, 0.2) is 11.9 Å². The predicted molar refractivity (Wildman–Crippen MR) is 67.9 cm³/mol. The summed E-state index contributed by atoms with van der Waals surface area (Å²) in [5.74, 6) is 1.30. The minimum Gasteiger partial charge on any atom is -0.321 e. The van der Waals surface area contributed by atoms with Crippen molar-refractivity contribution in [3.63, 3.8) is 0 Å². The van der Waals surface area contributed by atoms with E-state index in [0.717, 1.165) is 23.7 Å². The van der Waals surface area contributed by atoms with Crippen LogP contribution in [0.1, 0.15) is 33.1 Å². The Labute approximate surface area is 99.6 Å². The van der Waals surface area contributed by atoms with E-state index in [1.807, 2.05) is 6.92 Å². The third-order valence-corrected chi connectivity index (χ3v) is 3.72. The molecule has 0 aromatic heterocycles. The summed E-state index contributed by atoms with van der Waals surface area (Å²) in [6.45, 7) is 3.71. The van der Waals surface area contributed by atoms with E-state index in [-0.39, 0.29) is 6.10 Å². The monoisotopic (exact) mass is 332 g/mol. The molecule has 0 aliphatic carbocycles. The van der Waals surface area contributed by atoms with Gasteiger partial charge in [0.1, 0.15) is 0 Å². The van der Waals surface area contributed by atoms with E-state index >= 15 is 0 Å². The highest BCUT2D eigenvalue weighted by Gasteiger charge is 2.17. The quantitative estimate of drug-likeness (QED) is 0.335. The Hall–Kier alpha value is 0.620. The average molecular weight is 332 g/mol. The molecule has 0 aliphatic rings. The molecular weight excluding hydrogens is 314 g/mol. The van der Waals surface area contributed by atoms with Crippen LogP contribution < -0.4 is 0 Å². The van der Waals surface area contributed by atoms with Crippen molar-refractivity contribution < 1.29 is 14.0 Å². The Morgan fingerprint density at radius 2 is 2.29 bits per heavy atom. The van der Waals surface area contributed by atoms with Gasteiger partial charge in [-0.15, -0.1) is 0 Å². The fourth-order valence-electron chi connectivity index (χ4n) is 0.770. The predicted octanol–water partition coefficient (Wildman–Crippen LogP) is 3.72. The van der Waals surface area contributed by atoms with Crippen molar-refractivity contribution in [3.05, 3.63) is 11.9 Å². The second-order valence-electron chi connectivity index (χ2n) is 3.10. The zero-order valence-corrected chi connectivity index (χ0v) is 11.7. The molecule has 0 radical (unpaired) electrons. The van der Waals surface area contributed by atoms with Crippen molar-refractivity contribution >= 4 is 30.2 Å². The van der Waals surface area contributed by atoms with Gasteiger partial charge in [-0.25, -0.2) is 0 Å². The lowest BCUT2D eigenvalue weighted by molar-refractivity contribution is 0.191. The van der Waals surface area contributed by atoms with Gasteiger partial charge in [0.25, 0.3) is 0 Å². The molecule has 0 spiro atoms. The largest absolute Gasteiger partial charge is 0.351 e. The van der Waals surface area contributed by atoms with Crippen LogP contribution in [0.3, 0.4) is 0 Å². The molecule has 14 heavy (non-hydrogen) atoms. The van der Waals surface area contributed by atoms with Crippen molar-refractivity contribution in [3.8, 4) is 0 Å². The summed E-state index contributed by atoms with van der Waals surface area (Å²) < 4.78 is 17.4. The number of unbranched alkanes of at least 4 members (excludes halogenated alkanes) is 1. The summed E-state index contributed by atoms with van der Waals surface area (Å²) in [5, 5.41) is 0. The van der Waals surface area contributed by atoms with E-state index in [9.17, 15) is 9.46 Å². The topological polar surface area (TPSA) is 46.5 Å². The summed E-state index contributed by atoms with van der Waals surface area (Å²) >= 11 is 2.28. The van der Waals surface area contributed by atoms with Crippen LogP contribution in [-0.4, -0.2) is 15.4 Å². The first-order chi connectivity index (χ1) is 6.52. The SMILES string of the molecule is CCC(C)OP(=O)(O)C=CCCCI. The number of rotatable bonds is 7. The molecule has 0 saturated carbocycles. The van der Waals surface area contributed by atoms with Gasteiger partial charge in [-0.05, 0) is 30.6 Å².